The monoisotopic (exact) mass is 391 g/mol. The van der Waals surface area contributed by atoms with E-state index in [-0.39, 0.29) is 6.03 Å². The second kappa shape index (κ2) is 9.11. The van der Waals surface area contributed by atoms with Crippen molar-refractivity contribution < 1.29 is 4.79 Å². The molecule has 6 nitrogen and oxygen atoms in total. The van der Waals surface area contributed by atoms with E-state index < -0.39 is 0 Å². The first-order chi connectivity index (χ1) is 13.6. The molecule has 0 atom stereocenters. The number of urea groups is 1. The van der Waals surface area contributed by atoms with Gasteiger partial charge in [-0.15, -0.1) is 11.8 Å². The van der Waals surface area contributed by atoms with Crippen molar-refractivity contribution in [2.75, 3.05) is 18.6 Å². The Morgan fingerprint density at radius 3 is 2.71 bits per heavy atom. The SMILES string of the molecule is CSc1ccccc1NC(=O)N(C)Cc1cncn1Cc1ccc(C#N)cc1. The van der Waals surface area contributed by atoms with Crippen molar-refractivity contribution in [3.63, 3.8) is 0 Å². The van der Waals surface area contributed by atoms with Gasteiger partial charge in [0.05, 0.1) is 35.9 Å². The maximum Gasteiger partial charge on any atom is 0.321 e. The van der Waals surface area contributed by atoms with Crippen LogP contribution in [-0.2, 0) is 13.1 Å². The molecule has 0 unspecified atom stereocenters. The molecule has 0 spiro atoms. The largest absolute Gasteiger partial charge is 0.329 e. The van der Waals surface area contributed by atoms with Crippen molar-refractivity contribution in [1.29, 1.82) is 5.26 Å². The fraction of sp³-hybridized carbons (Fsp3) is 0.190. The van der Waals surface area contributed by atoms with Gasteiger partial charge in [0, 0.05) is 24.7 Å². The molecule has 0 aliphatic heterocycles. The van der Waals surface area contributed by atoms with Crippen molar-refractivity contribution >= 4 is 23.5 Å². The summed E-state index contributed by atoms with van der Waals surface area (Å²) < 4.78 is 2.00. The number of rotatable bonds is 6. The zero-order chi connectivity index (χ0) is 19.9. The number of nitrogens with zero attached hydrogens (tertiary/aromatic N) is 4. The van der Waals surface area contributed by atoms with E-state index in [9.17, 15) is 4.79 Å². The number of hydrogen-bond acceptors (Lipinski definition) is 4. The molecule has 0 bridgehead atoms. The molecule has 3 aromatic rings. The van der Waals surface area contributed by atoms with Crippen LogP contribution in [0.1, 0.15) is 16.8 Å². The molecule has 1 aromatic heterocycles. The summed E-state index contributed by atoms with van der Waals surface area (Å²) in [5, 5.41) is 11.9. The molecule has 1 N–H and O–H groups in total. The number of hydrogen-bond donors (Lipinski definition) is 1. The molecule has 2 amide bonds. The zero-order valence-electron chi connectivity index (χ0n) is 15.8. The lowest BCUT2D eigenvalue weighted by Gasteiger charge is -2.20. The number of thioether (sulfide) groups is 1. The summed E-state index contributed by atoms with van der Waals surface area (Å²) >= 11 is 1.59. The lowest BCUT2D eigenvalue weighted by Crippen LogP contribution is -2.31. The molecule has 1 heterocycles. The number of para-hydroxylation sites is 1. The number of nitrogens with one attached hydrogen (secondary N) is 1. The highest BCUT2D eigenvalue weighted by molar-refractivity contribution is 7.98. The number of aromatic nitrogens is 2. The second-order valence-corrected chi connectivity index (χ2v) is 7.16. The minimum absolute atomic E-state index is 0.173. The third kappa shape index (κ3) is 4.72. The quantitative estimate of drug-likeness (QED) is 0.640. The summed E-state index contributed by atoms with van der Waals surface area (Å²) in [6.45, 7) is 1.06. The Bertz CT molecular complexity index is 991. The first-order valence-corrected chi connectivity index (χ1v) is 9.96. The van der Waals surface area contributed by atoms with Gasteiger partial charge in [-0.2, -0.15) is 5.26 Å². The summed E-state index contributed by atoms with van der Waals surface area (Å²) in [5.41, 5.74) is 3.44. The van der Waals surface area contributed by atoms with Crippen LogP contribution in [0.25, 0.3) is 0 Å². The zero-order valence-corrected chi connectivity index (χ0v) is 16.6. The maximum atomic E-state index is 12.6. The summed E-state index contributed by atoms with van der Waals surface area (Å²) in [6, 6.07) is 17.1. The Balaban J connectivity index is 1.66. The van der Waals surface area contributed by atoms with Crippen LogP contribution in [0.15, 0.2) is 66.0 Å². The number of benzene rings is 2. The first-order valence-electron chi connectivity index (χ1n) is 8.74. The van der Waals surface area contributed by atoms with Gasteiger partial charge in [0.1, 0.15) is 0 Å². The normalized spacial score (nSPS) is 10.3. The van der Waals surface area contributed by atoms with Gasteiger partial charge >= 0.3 is 6.03 Å². The Hall–Kier alpha value is -3.24. The van der Waals surface area contributed by atoms with Crippen LogP contribution in [0, 0.1) is 11.3 Å². The number of amides is 2. The summed E-state index contributed by atoms with van der Waals surface area (Å²) in [5.74, 6) is 0. The molecular weight excluding hydrogens is 370 g/mol. The van der Waals surface area contributed by atoms with Gasteiger partial charge in [-0.3, -0.25) is 0 Å². The van der Waals surface area contributed by atoms with Crippen molar-refractivity contribution in [2.24, 2.45) is 0 Å². The molecule has 3 rings (SSSR count). The average Bonchev–Trinajstić information content (AvgIpc) is 3.15. The molecule has 142 valence electrons. The highest BCUT2D eigenvalue weighted by Crippen LogP contribution is 2.24. The number of imidazole rings is 1. The topological polar surface area (TPSA) is 74.0 Å². The Kier molecular flexibility index (Phi) is 6.35. The smallest absolute Gasteiger partial charge is 0.321 e. The van der Waals surface area contributed by atoms with Crippen LogP contribution in [0.5, 0.6) is 0 Å². The molecular formula is C21H21N5OS. The molecule has 0 aliphatic carbocycles. The van der Waals surface area contributed by atoms with Crippen LogP contribution < -0.4 is 5.32 Å². The molecule has 0 radical (unpaired) electrons. The van der Waals surface area contributed by atoms with Gasteiger partial charge in [-0.05, 0) is 36.1 Å². The van der Waals surface area contributed by atoms with Crippen molar-refractivity contribution in [1.82, 2.24) is 14.5 Å². The van der Waals surface area contributed by atoms with Crippen molar-refractivity contribution in [3.8, 4) is 6.07 Å². The average molecular weight is 392 g/mol. The third-order valence-corrected chi connectivity index (χ3v) is 5.12. The fourth-order valence-electron chi connectivity index (χ4n) is 2.78. The predicted octanol–water partition coefficient (Wildman–Crippen LogP) is 4.19. The summed E-state index contributed by atoms with van der Waals surface area (Å²) in [4.78, 5) is 19.5. The van der Waals surface area contributed by atoms with Crippen LogP contribution in [-0.4, -0.2) is 33.8 Å². The minimum Gasteiger partial charge on any atom is -0.329 e. The van der Waals surface area contributed by atoms with E-state index in [1.165, 1.54) is 0 Å². The van der Waals surface area contributed by atoms with E-state index in [0.717, 1.165) is 21.8 Å². The van der Waals surface area contributed by atoms with E-state index in [1.54, 1.807) is 48.4 Å². The van der Waals surface area contributed by atoms with E-state index >= 15 is 0 Å². The van der Waals surface area contributed by atoms with Gasteiger partial charge in [0.15, 0.2) is 0 Å². The van der Waals surface area contributed by atoms with Crippen LogP contribution in [0.2, 0.25) is 0 Å². The van der Waals surface area contributed by atoms with E-state index in [2.05, 4.69) is 16.4 Å². The first kappa shape index (κ1) is 19.5. The predicted molar refractivity (Wildman–Crippen MR) is 111 cm³/mol. The molecule has 7 heteroatoms. The van der Waals surface area contributed by atoms with Crippen LogP contribution in [0.3, 0.4) is 0 Å². The fourth-order valence-corrected chi connectivity index (χ4v) is 3.33. The summed E-state index contributed by atoms with van der Waals surface area (Å²) in [7, 11) is 1.76. The lowest BCUT2D eigenvalue weighted by molar-refractivity contribution is 0.219. The molecule has 0 saturated carbocycles. The highest BCUT2D eigenvalue weighted by Gasteiger charge is 2.13. The number of carbonyl (C=O) groups is 1. The molecule has 2 aromatic carbocycles. The number of anilines is 1. The van der Waals surface area contributed by atoms with Gasteiger partial charge in [-0.25, -0.2) is 9.78 Å². The number of carbonyl (C=O) groups excluding carboxylic acids is 1. The second-order valence-electron chi connectivity index (χ2n) is 6.31. The molecule has 28 heavy (non-hydrogen) atoms. The van der Waals surface area contributed by atoms with Crippen LogP contribution in [0.4, 0.5) is 10.5 Å². The Morgan fingerprint density at radius 2 is 2.00 bits per heavy atom. The van der Waals surface area contributed by atoms with Crippen molar-refractivity contribution in [2.45, 2.75) is 18.0 Å². The van der Waals surface area contributed by atoms with Crippen LogP contribution >= 0.6 is 11.8 Å². The minimum atomic E-state index is -0.173. The highest BCUT2D eigenvalue weighted by atomic mass is 32.2. The van der Waals surface area contributed by atoms with Gasteiger partial charge in [0.2, 0.25) is 0 Å². The van der Waals surface area contributed by atoms with Crippen molar-refractivity contribution in [3.05, 3.63) is 77.9 Å². The van der Waals surface area contributed by atoms with E-state index in [1.807, 2.05) is 47.2 Å². The van der Waals surface area contributed by atoms with Gasteiger partial charge in [-0.1, -0.05) is 24.3 Å². The lowest BCUT2D eigenvalue weighted by atomic mass is 10.1. The Labute approximate surface area is 168 Å². The molecule has 0 aliphatic rings. The standard InChI is InChI=1S/C21H21N5OS/c1-25(21(27)24-19-5-3-4-6-20(19)28-2)14-18-12-23-15-26(18)13-17-9-7-16(11-22)8-10-17/h3-10,12,15H,13-14H2,1-2H3,(H,24,27). The molecule has 0 fully saturated rings. The van der Waals surface area contributed by atoms with E-state index in [4.69, 9.17) is 5.26 Å². The maximum absolute atomic E-state index is 12.6. The van der Waals surface area contributed by atoms with Gasteiger partial charge in [0.25, 0.3) is 0 Å². The molecule has 0 saturated heterocycles. The third-order valence-electron chi connectivity index (χ3n) is 4.33. The Morgan fingerprint density at radius 1 is 1.25 bits per heavy atom. The summed E-state index contributed by atoms with van der Waals surface area (Å²) in [6.07, 6.45) is 5.50. The van der Waals surface area contributed by atoms with E-state index in [0.29, 0.717) is 18.7 Å². The number of nitriles is 1. The van der Waals surface area contributed by atoms with Gasteiger partial charge < -0.3 is 14.8 Å².